The van der Waals surface area contributed by atoms with E-state index in [0.29, 0.717) is 11.4 Å². The number of nitrogens with zero attached hydrogens (tertiary/aromatic N) is 2. The van der Waals surface area contributed by atoms with Crippen LogP contribution >= 0.6 is 11.3 Å². The van der Waals surface area contributed by atoms with Gasteiger partial charge in [-0.25, -0.2) is 8.42 Å². The van der Waals surface area contributed by atoms with Gasteiger partial charge >= 0.3 is 0 Å². The number of hydrogen-bond acceptors (Lipinski definition) is 4. The lowest BCUT2D eigenvalue weighted by molar-refractivity contribution is 0.437. The molecule has 0 atom stereocenters. The van der Waals surface area contributed by atoms with E-state index in [2.05, 4.69) is 6.58 Å². The van der Waals surface area contributed by atoms with Crippen LogP contribution in [0.15, 0.2) is 29.0 Å². The van der Waals surface area contributed by atoms with E-state index in [1.807, 2.05) is 6.07 Å². The SMILES string of the molecule is C=CCN(C1CC1)S(=O)(=O)c1ccc(C#N)s1. The van der Waals surface area contributed by atoms with Crippen molar-refractivity contribution in [1.82, 2.24) is 4.31 Å². The number of nitriles is 1. The molecule has 0 spiro atoms. The second-order valence-corrected chi connectivity index (χ2v) is 7.03. The summed E-state index contributed by atoms with van der Waals surface area (Å²) in [6, 6.07) is 5.09. The summed E-state index contributed by atoms with van der Waals surface area (Å²) in [5, 5.41) is 8.72. The molecular formula is C11H12N2O2S2. The molecule has 1 saturated carbocycles. The molecule has 4 nitrogen and oxygen atoms in total. The number of sulfonamides is 1. The fourth-order valence-electron chi connectivity index (χ4n) is 1.57. The monoisotopic (exact) mass is 268 g/mol. The Morgan fingerprint density at radius 3 is 2.76 bits per heavy atom. The highest BCUT2D eigenvalue weighted by atomic mass is 32.2. The Hall–Kier alpha value is -1.16. The van der Waals surface area contributed by atoms with Crippen LogP contribution < -0.4 is 0 Å². The summed E-state index contributed by atoms with van der Waals surface area (Å²) in [5.74, 6) is 0. The van der Waals surface area contributed by atoms with Gasteiger partial charge in [0.25, 0.3) is 10.0 Å². The minimum absolute atomic E-state index is 0.102. The molecule has 0 radical (unpaired) electrons. The van der Waals surface area contributed by atoms with Crippen molar-refractivity contribution in [3.05, 3.63) is 29.7 Å². The summed E-state index contributed by atoms with van der Waals surface area (Å²) < 4.78 is 26.3. The first kappa shape index (κ1) is 12.3. The van der Waals surface area contributed by atoms with Crippen molar-refractivity contribution in [2.45, 2.75) is 23.1 Å². The first-order valence-electron chi connectivity index (χ1n) is 5.22. The van der Waals surface area contributed by atoms with Gasteiger partial charge < -0.3 is 0 Å². The summed E-state index contributed by atoms with van der Waals surface area (Å²) in [6.45, 7) is 3.91. The van der Waals surface area contributed by atoms with Crippen LogP contribution in [0.4, 0.5) is 0 Å². The largest absolute Gasteiger partial charge is 0.253 e. The van der Waals surface area contributed by atoms with Crippen molar-refractivity contribution in [2.24, 2.45) is 0 Å². The molecule has 1 aliphatic carbocycles. The third-order valence-electron chi connectivity index (χ3n) is 2.52. The van der Waals surface area contributed by atoms with Crippen molar-refractivity contribution >= 4 is 21.4 Å². The third-order valence-corrected chi connectivity index (χ3v) is 5.89. The van der Waals surface area contributed by atoms with E-state index < -0.39 is 10.0 Å². The highest BCUT2D eigenvalue weighted by Crippen LogP contribution is 2.33. The quantitative estimate of drug-likeness (QED) is 0.767. The van der Waals surface area contributed by atoms with Crippen LogP contribution in [-0.2, 0) is 10.0 Å². The van der Waals surface area contributed by atoms with Gasteiger partial charge in [0.2, 0.25) is 0 Å². The molecule has 6 heteroatoms. The molecule has 1 fully saturated rings. The molecule has 1 aliphatic rings. The van der Waals surface area contributed by atoms with Gasteiger partial charge in [-0.15, -0.1) is 17.9 Å². The topological polar surface area (TPSA) is 61.2 Å². The Labute approximate surface area is 105 Å². The van der Waals surface area contributed by atoms with E-state index in [1.165, 1.54) is 16.4 Å². The molecule has 90 valence electrons. The first-order valence-corrected chi connectivity index (χ1v) is 7.48. The maximum Gasteiger partial charge on any atom is 0.253 e. The number of rotatable bonds is 5. The van der Waals surface area contributed by atoms with Crippen LogP contribution in [0.25, 0.3) is 0 Å². The first-order chi connectivity index (χ1) is 8.09. The lowest BCUT2D eigenvalue weighted by atomic mass is 10.5. The molecule has 0 aliphatic heterocycles. The molecule has 1 heterocycles. The normalized spacial score (nSPS) is 15.8. The lowest BCUT2D eigenvalue weighted by Gasteiger charge is -2.18. The second-order valence-electron chi connectivity index (χ2n) is 3.83. The fraction of sp³-hybridized carbons (Fsp3) is 0.364. The second kappa shape index (κ2) is 4.61. The Bertz CT molecular complexity index is 565. The summed E-state index contributed by atoms with van der Waals surface area (Å²) >= 11 is 1.01. The van der Waals surface area contributed by atoms with E-state index in [4.69, 9.17) is 5.26 Å². The summed E-state index contributed by atoms with van der Waals surface area (Å²) in [6.07, 6.45) is 3.40. The predicted octanol–water partition coefficient (Wildman–Crippen LogP) is 1.96. The van der Waals surface area contributed by atoms with Crippen LogP contribution in [0, 0.1) is 11.3 Å². The van der Waals surface area contributed by atoms with Crippen LogP contribution in [0.5, 0.6) is 0 Å². The maximum absolute atomic E-state index is 12.3. The Morgan fingerprint density at radius 2 is 2.29 bits per heavy atom. The van der Waals surface area contributed by atoms with E-state index in [9.17, 15) is 8.42 Å². The zero-order valence-electron chi connectivity index (χ0n) is 9.17. The zero-order chi connectivity index (χ0) is 12.5. The van der Waals surface area contributed by atoms with Gasteiger partial charge in [-0.2, -0.15) is 9.57 Å². The zero-order valence-corrected chi connectivity index (χ0v) is 10.8. The molecule has 0 aromatic carbocycles. The third kappa shape index (κ3) is 2.41. The van der Waals surface area contributed by atoms with Crippen molar-refractivity contribution in [2.75, 3.05) is 6.54 Å². The fourth-order valence-corrected chi connectivity index (χ4v) is 4.46. The minimum atomic E-state index is -3.46. The maximum atomic E-state index is 12.3. The lowest BCUT2D eigenvalue weighted by Crippen LogP contribution is -2.32. The molecule has 0 N–H and O–H groups in total. The molecule has 0 unspecified atom stereocenters. The van der Waals surface area contributed by atoms with E-state index in [1.54, 1.807) is 6.08 Å². The van der Waals surface area contributed by atoms with Crippen LogP contribution in [0.1, 0.15) is 17.7 Å². The Balaban J connectivity index is 2.33. The van der Waals surface area contributed by atoms with E-state index in [0.717, 1.165) is 24.2 Å². The molecule has 1 aromatic rings. The van der Waals surface area contributed by atoms with Crippen LogP contribution in [0.2, 0.25) is 0 Å². The Kier molecular flexibility index (Phi) is 3.33. The van der Waals surface area contributed by atoms with Crippen molar-refractivity contribution < 1.29 is 8.42 Å². The molecule has 17 heavy (non-hydrogen) atoms. The molecule has 0 saturated heterocycles. The smallest absolute Gasteiger partial charge is 0.206 e. The van der Waals surface area contributed by atoms with Gasteiger partial charge in [0, 0.05) is 12.6 Å². The average Bonchev–Trinajstić information content (AvgIpc) is 3.01. The van der Waals surface area contributed by atoms with Gasteiger partial charge in [0.1, 0.15) is 15.2 Å². The molecule has 1 aromatic heterocycles. The molecule has 0 bridgehead atoms. The van der Waals surface area contributed by atoms with E-state index in [-0.39, 0.29) is 10.3 Å². The molecule has 2 rings (SSSR count). The summed E-state index contributed by atoms with van der Waals surface area (Å²) in [7, 11) is -3.46. The highest BCUT2D eigenvalue weighted by molar-refractivity contribution is 7.91. The van der Waals surface area contributed by atoms with Gasteiger partial charge in [-0.3, -0.25) is 0 Å². The van der Waals surface area contributed by atoms with Crippen LogP contribution in [0.3, 0.4) is 0 Å². The molecule has 0 amide bonds. The van der Waals surface area contributed by atoms with Gasteiger partial charge in [0.05, 0.1) is 0 Å². The number of thiophene rings is 1. The standard InChI is InChI=1S/C11H12N2O2S2/c1-2-7-13(9-3-4-9)17(14,15)11-6-5-10(8-12)16-11/h2,5-6,9H,1,3-4,7H2. The van der Waals surface area contributed by atoms with Gasteiger partial charge in [-0.1, -0.05) is 6.08 Å². The van der Waals surface area contributed by atoms with Crippen LogP contribution in [-0.4, -0.2) is 25.3 Å². The Morgan fingerprint density at radius 1 is 1.59 bits per heavy atom. The van der Waals surface area contributed by atoms with Gasteiger partial charge in [-0.05, 0) is 25.0 Å². The number of hydrogen-bond donors (Lipinski definition) is 0. The van der Waals surface area contributed by atoms with Crippen molar-refractivity contribution in [3.63, 3.8) is 0 Å². The molecular weight excluding hydrogens is 256 g/mol. The average molecular weight is 268 g/mol. The van der Waals surface area contributed by atoms with E-state index >= 15 is 0 Å². The van der Waals surface area contributed by atoms with Crippen molar-refractivity contribution in [3.8, 4) is 6.07 Å². The highest BCUT2D eigenvalue weighted by Gasteiger charge is 2.37. The van der Waals surface area contributed by atoms with Gasteiger partial charge in [0.15, 0.2) is 0 Å². The summed E-state index contributed by atoms with van der Waals surface area (Å²) in [4.78, 5) is 0.415. The summed E-state index contributed by atoms with van der Waals surface area (Å²) in [5.41, 5.74) is 0. The van der Waals surface area contributed by atoms with Crippen molar-refractivity contribution in [1.29, 1.82) is 5.26 Å². The minimum Gasteiger partial charge on any atom is -0.206 e. The predicted molar refractivity (Wildman–Crippen MR) is 66.1 cm³/mol.